The van der Waals surface area contributed by atoms with Gasteiger partial charge in [0.15, 0.2) is 0 Å². The number of nitrogens with zero attached hydrogens (tertiary/aromatic N) is 1. The highest BCUT2D eigenvalue weighted by Crippen LogP contribution is 2.30. The van der Waals surface area contributed by atoms with Crippen LogP contribution in [0.2, 0.25) is 0 Å². The summed E-state index contributed by atoms with van der Waals surface area (Å²) in [6, 6.07) is 0. The number of hydrogen-bond acceptors (Lipinski definition) is 2. The van der Waals surface area contributed by atoms with E-state index in [1.807, 2.05) is 0 Å². The predicted molar refractivity (Wildman–Crippen MR) is 55.0 cm³/mol. The molecule has 0 N–H and O–H groups in total. The van der Waals surface area contributed by atoms with Crippen molar-refractivity contribution in [2.24, 2.45) is 0 Å². The lowest BCUT2D eigenvalue weighted by Gasteiger charge is -2.19. The molecule has 6 heteroatoms. The first-order valence-corrected chi connectivity index (χ1v) is 6.81. The third kappa shape index (κ3) is 2.98. The summed E-state index contributed by atoms with van der Waals surface area (Å²) in [6.07, 6.45) is 1.56. The molecule has 1 aliphatic carbocycles. The second kappa shape index (κ2) is 4.82. The Hall–Kier alpha value is 0.490. The van der Waals surface area contributed by atoms with Crippen molar-refractivity contribution in [3.8, 4) is 0 Å². The van der Waals surface area contributed by atoms with Gasteiger partial charge in [-0.1, -0.05) is 0 Å². The van der Waals surface area contributed by atoms with Gasteiger partial charge in [-0.05, 0) is 12.8 Å². The monoisotopic (exact) mass is 245 g/mol. The fraction of sp³-hybridized carbons (Fsp3) is 1.00. The zero-order valence-corrected chi connectivity index (χ0v) is 9.58. The maximum absolute atomic E-state index is 11.7. The first kappa shape index (κ1) is 11.6. The van der Waals surface area contributed by atoms with E-state index in [1.165, 1.54) is 4.31 Å². The van der Waals surface area contributed by atoms with E-state index in [-0.39, 0.29) is 5.25 Å². The number of alkyl halides is 2. The van der Waals surface area contributed by atoms with E-state index < -0.39 is 10.0 Å². The molecule has 0 heterocycles. The predicted octanol–water partition coefficient (Wildman–Crippen LogP) is 1.26. The molecule has 0 aromatic carbocycles. The number of rotatable bonds is 6. The third-order valence-electron chi connectivity index (χ3n) is 1.97. The van der Waals surface area contributed by atoms with E-state index in [9.17, 15) is 8.42 Å². The molecule has 13 heavy (non-hydrogen) atoms. The Labute approximate surface area is 89.1 Å². The molecule has 0 saturated heterocycles. The summed E-state index contributed by atoms with van der Waals surface area (Å²) < 4.78 is 24.8. The van der Waals surface area contributed by atoms with Crippen LogP contribution in [0.4, 0.5) is 0 Å². The molecule has 0 spiro atoms. The lowest BCUT2D eigenvalue weighted by molar-refractivity contribution is 0.447. The highest BCUT2D eigenvalue weighted by molar-refractivity contribution is 7.90. The van der Waals surface area contributed by atoms with Crippen LogP contribution in [0.3, 0.4) is 0 Å². The average Bonchev–Trinajstić information content (AvgIpc) is 2.86. The Kier molecular flexibility index (Phi) is 4.29. The Balaban J connectivity index is 2.61. The molecule has 0 aliphatic heterocycles. The molecule has 0 atom stereocenters. The number of halogens is 2. The summed E-state index contributed by atoms with van der Waals surface area (Å²) in [5.41, 5.74) is 0. The first-order valence-electron chi connectivity index (χ1n) is 4.24. The zero-order chi connectivity index (χ0) is 9.90. The van der Waals surface area contributed by atoms with Gasteiger partial charge in [-0.15, -0.1) is 23.2 Å². The van der Waals surface area contributed by atoms with E-state index in [2.05, 4.69) is 0 Å². The van der Waals surface area contributed by atoms with Crippen LogP contribution in [-0.4, -0.2) is 42.8 Å². The van der Waals surface area contributed by atoms with Crippen molar-refractivity contribution in [1.82, 2.24) is 4.31 Å². The van der Waals surface area contributed by atoms with Crippen LogP contribution < -0.4 is 0 Å². The van der Waals surface area contributed by atoms with Crippen LogP contribution in [0, 0.1) is 0 Å². The van der Waals surface area contributed by atoms with Gasteiger partial charge in [0.1, 0.15) is 0 Å². The summed E-state index contributed by atoms with van der Waals surface area (Å²) in [5, 5.41) is -0.168. The maximum Gasteiger partial charge on any atom is 0.217 e. The molecule has 0 radical (unpaired) electrons. The highest BCUT2D eigenvalue weighted by Gasteiger charge is 2.39. The van der Waals surface area contributed by atoms with Crippen molar-refractivity contribution >= 4 is 33.2 Å². The molecule has 0 aromatic heterocycles. The van der Waals surface area contributed by atoms with Gasteiger partial charge in [0, 0.05) is 24.8 Å². The minimum Gasteiger partial charge on any atom is -0.212 e. The molecular weight excluding hydrogens is 233 g/mol. The zero-order valence-electron chi connectivity index (χ0n) is 7.25. The van der Waals surface area contributed by atoms with Crippen molar-refractivity contribution in [1.29, 1.82) is 0 Å². The van der Waals surface area contributed by atoms with Crippen molar-refractivity contribution in [2.75, 3.05) is 24.8 Å². The molecule has 0 unspecified atom stereocenters. The van der Waals surface area contributed by atoms with Crippen LogP contribution in [0.1, 0.15) is 12.8 Å². The van der Waals surface area contributed by atoms with Gasteiger partial charge in [-0.3, -0.25) is 0 Å². The van der Waals surface area contributed by atoms with Gasteiger partial charge in [0.2, 0.25) is 10.0 Å². The summed E-state index contributed by atoms with van der Waals surface area (Å²) in [7, 11) is -3.09. The van der Waals surface area contributed by atoms with Crippen molar-refractivity contribution in [3.63, 3.8) is 0 Å². The minimum absolute atomic E-state index is 0.168. The van der Waals surface area contributed by atoms with Crippen LogP contribution in [0.5, 0.6) is 0 Å². The van der Waals surface area contributed by atoms with Crippen molar-refractivity contribution < 1.29 is 8.42 Å². The normalized spacial score (nSPS) is 18.1. The fourth-order valence-corrected chi connectivity index (χ4v) is 3.59. The summed E-state index contributed by atoms with van der Waals surface area (Å²) in [4.78, 5) is 0. The number of sulfonamides is 1. The third-order valence-corrected chi connectivity index (χ3v) is 4.71. The van der Waals surface area contributed by atoms with E-state index in [0.29, 0.717) is 24.8 Å². The number of hydrogen-bond donors (Lipinski definition) is 0. The van der Waals surface area contributed by atoms with E-state index in [4.69, 9.17) is 23.2 Å². The molecule has 0 aromatic rings. The molecule has 3 nitrogen and oxygen atoms in total. The molecule has 0 amide bonds. The van der Waals surface area contributed by atoms with Crippen molar-refractivity contribution in [3.05, 3.63) is 0 Å². The minimum atomic E-state index is -3.09. The van der Waals surface area contributed by atoms with E-state index >= 15 is 0 Å². The van der Waals surface area contributed by atoms with Gasteiger partial charge < -0.3 is 0 Å². The summed E-state index contributed by atoms with van der Waals surface area (Å²) in [5.74, 6) is 0.645. The highest BCUT2D eigenvalue weighted by atomic mass is 35.5. The molecule has 0 bridgehead atoms. The quantitative estimate of drug-likeness (QED) is 0.661. The van der Waals surface area contributed by atoms with Gasteiger partial charge in [0.25, 0.3) is 0 Å². The average molecular weight is 246 g/mol. The fourth-order valence-electron chi connectivity index (χ4n) is 1.13. The Morgan fingerprint density at radius 2 is 1.62 bits per heavy atom. The van der Waals surface area contributed by atoms with Crippen molar-refractivity contribution in [2.45, 2.75) is 18.1 Å². The molecular formula is C7H13Cl2NO2S. The maximum atomic E-state index is 11.7. The Morgan fingerprint density at radius 3 is 1.92 bits per heavy atom. The van der Waals surface area contributed by atoms with E-state index in [1.54, 1.807) is 0 Å². The lowest BCUT2D eigenvalue weighted by atomic mass is 10.6. The molecule has 1 fully saturated rings. The second-order valence-electron chi connectivity index (χ2n) is 3.02. The van der Waals surface area contributed by atoms with Gasteiger partial charge >= 0.3 is 0 Å². The Morgan fingerprint density at radius 1 is 1.15 bits per heavy atom. The summed E-state index contributed by atoms with van der Waals surface area (Å²) >= 11 is 11.0. The largest absolute Gasteiger partial charge is 0.217 e. The smallest absolute Gasteiger partial charge is 0.212 e. The lowest BCUT2D eigenvalue weighted by Crippen LogP contribution is -2.36. The topological polar surface area (TPSA) is 37.4 Å². The summed E-state index contributed by atoms with van der Waals surface area (Å²) in [6.45, 7) is 0.736. The molecule has 1 aliphatic rings. The second-order valence-corrected chi connectivity index (χ2v) is 5.99. The Bertz CT molecular complexity index is 245. The molecule has 78 valence electrons. The molecule has 1 saturated carbocycles. The molecule has 1 rings (SSSR count). The van der Waals surface area contributed by atoms with Crippen LogP contribution in [0.15, 0.2) is 0 Å². The first-order chi connectivity index (χ1) is 6.12. The van der Waals surface area contributed by atoms with Gasteiger partial charge in [-0.25, -0.2) is 8.42 Å². The van der Waals surface area contributed by atoms with Crippen LogP contribution in [-0.2, 0) is 10.0 Å². The van der Waals surface area contributed by atoms with Gasteiger partial charge in [0.05, 0.1) is 5.25 Å². The standard InChI is InChI=1S/C7H13Cl2NO2S/c8-3-5-10(6-4-9)13(11,12)7-1-2-7/h7H,1-6H2. The van der Waals surface area contributed by atoms with Crippen LogP contribution >= 0.6 is 23.2 Å². The SMILES string of the molecule is O=S(=O)(C1CC1)N(CCCl)CCCl. The van der Waals surface area contributed by atoms with Crippen LogP contribution in [0.25, 0.3) is 0 Å². The van der Waals surface area contributed by atoms with Gasteiger partial charge in [-0.2, -0.15) is 4.31 Å². The van der Waals surface area contributed by atoms with E-state index in [0.717, 1.165) is 12.8 Å².